The average Bonchev–Trinajstić information content (AvgIpc) is 2.73. The maximum absolute atomic E-state index is 12.9. The molecule has 106 valence electrons. The number of hydrogen-bond acceptors (Lipinski definition) is 1. The molecule has 0 bridgehead atoms. The van der Waals surface area contributed by atoms with Crippen LogP contribution in [0.5, 0.6) is 0 Å². The summed E-state index contributed by atoms with van der Waals surface area (Å²) in [6.45, 7) is 2.21. The molecule has 0 spiro atoms. The van der Waals surface area contributed by atoms with Crippen LogP contribution in [-0.4, -0.2) is 10.4 Å². The van der Waals surface area contributed by atoms with Crippen LogP contribution in [0.3, 0.4) is 0 Å². The highest BCUT2D eigenvalue weighted by molar-refractivity contribution is 9.10. The zero-order valence-electron chi connectivity index (χ0n) is 11.4. The zero-order valence-corrected chi connectivity index (χ0v) is 13.0. The van der Waals surface area contributed by atoms with Gasteiger partial charge in [-0.25, -0.2) is 4.39 Å². The number of halogens is 2. The lowest BCUT2D eigenvalue weighted by Crippen LogP contribution is -2.11. The molecule has 21 heavy (non-hydrogen) atoms. The summed E-state index contributed by atoms with van der Waals surface area (Å²) in [6.07, 6.45) is 0. The van der Waals surface area contributed by atoms with E-state index in [1.54, 1.807) is 0 Å². The molecule has 0 amide bonds. The van der Waals surface area contributed by atoms with E-state index in [0.717, 1.165) is 21.1 Å². The molecule has 0 fully saturated rings. The molecule has 0 atom stereocenters. The standard InChI is InChI=1S/C17H13BrFNO/c1-11-17(18)14-4-2-3-5-15(14)20(11)10-16(21)12-6-8-13(19)9-7-12/h2-9H,10H2,1H3. The third kappa shape index (κ3) is 2.51. The van der Waals surface area contributed by atoms with Gasteiger partial charge in [0.25, 0.3) is 0 Å². The molecule has 3 rings (SSSR count). The molecular formula is C17H13BrFNO. The van der Waals surface area contributed by atoms with Gasteiger partial charge < -0.3 is 4.57 Å². The predicted molar refractivity (Wildman–Crippen MR) is 85.1 cm³/mol. The van der Waals surface area contributed by atoms with Crippen LogP contribution >= 0.6 is 15.9 Å². The Labute approximate surface area is 130 Å². The molecule has 3 aromatic rings. The van der Waals surface area contributed by atoms with Crippen molar-refractivity contribution in [1.29, 1.82) is 0 Å². The minimum Gasteiger partial charge on any atom is -0.336 e. The van der Waals surface area contributed by atoms with E-state index >= 15 is 0 Å². The molecule has 1 aromatic heterocycles. The maximum Gasteiger partial charge on any atom is 0.182 e. The second-order valence-electron chi connectivity index (χ2n) is 4.93. The summed E-state index contributed by atoms with van der Waals surface area (Å²) in [5.41, 5.74) is 2.54. The Balaban J connectivity index is 2.00. The van der Waals surface area contributed by atoms with E-state index in [9.17, 15) is 9.18 Å². The SMILES string of the molecule is Cc1c(Br)c2ccccc2n1CC(=O)c1ccc(F)cc1. The topological polar surface area (TPSA) is 22.0 Å². The van der Waals surface area contributed by atoms with E-state index < -0.39 is 0 Å². The maximum atomic E-state index is 12.9. The number of carbonyl (C=O) groups excluding carboxylic acids is 1. The van der Waals surface area contributed by atoms with Crippen LogP contribution in [0, 0.1) is 12.7 Å². The minimum atomic E-state index is -0.336. The van der Waals surface area contributed by atoms with Crippen molar-refractivity contribution in [3.05, 3.63) is 70.1 Å². The molecule has 0 saturated carbocycles. The van der Waals surface area contributed by atoms with Gasteiger partial charge in [0.1, 0.15) is 5.82 Å². The summed E-state index contributed by atoms with van der Waals surface area (Å²) in [5.74, 6) is -0.372. The third-order valence-electron chi connectivity index (χ3n) is 3.62. The number of fused-ring (bicyclic) bond motifs is 1. The molecule has 0 aliphatic heterocycles. The highest BCUT2D eigenvalue weighted by Gasteiger charge is 2.15. The summed E-state index contributed by atoms with van der Waals surface area (Å²) < 4.78 is 15.9. The fraction of sp³-hybridized carbons (Fsp3) is 0.118. The fourth-order valence-electron chi connectivity index (χ4n) is 2.46. The molecule has 0 radical (unpaired) electrons. The summed E-state index contributed by atoms with van der Waals surface area (Å²) in [5, 5.41) is 1.09. The van der Waals surface area contributed by atoms with Crippen LogP contribution in [0.25, 0.3) is 10.9 Å². The predicted octanol–water partition coefficient (Wildman–Crippen LogP) is 4.73. The molecule has 0 N–H and O–H groups in total. The molecule has 0 aliphatic carbocycles. The van der Waals surface area contributed by atoms with Crippen molar-refractivity contribution in [3.63, 3.8) is 0 Å². The van der Waals surface area contributed by atoms with Crippen molar-refractivity contribution in [2.45, 2.75) is 13.5 Å². The number of benzene rings is 2. The van der Waals surface area contributed by atoms with Gasteiger partial charge in [0.05, 0.1) is 6.54 Å². The van der Waals surface area contributed by atoms with E-state index in [1.165, 1.54) is 24.3 Å². The van der Waals surface area contributed by atoms with E-state index in [4.69, 9.17) is 0 Å². The Hall–Kier alpha value is -1.94. The lowest BCUT2D eigenvalue weighted by Gasteiger charge is -2.07. The first kappa shape index (κ1) is 14.0. The zero-order chi connectivity index (χ0) is 15.0. The first-order valence-electron chi connectivity index (χ1n) is 6.60. The highest BCUT2D eigenvalue weighted by atomic mass is 79.9. The van der Waals surface area contributed by atoms with Crippen molar-refractivity contribution in [2.24, 2.45) is 0 Å². The largest absolute Gasteiger partial charge is 0.336 e. The Morgan fingerprint density at radius 3 is 2.52 bits per heavy atom. The van der Waals surface area contributed by atoms with Crippen LogP contribution in [0.15, 0.2) is 53.0 Å². The number of aromatic nitrogens is 1. The van der Waals surface area contributed by atoms with Crippen molar-refractivity contribution < 1.29 is 9.18 Å². The van der Waals surface area contributed by atoms with Crippen molar-refractivity contribution in [1.82, 2.24) is 4.57 Å². The first-order chi connectivity index (χ1) is 10.1. The van der Waals surface area contributed by atoms with Gasteiger partial charge in [-0.15, -0.1) is 0 Å². The molecular weight excluding hydrogens is 333 g/mol. The fourth-order valence-corrected chi connectivity index (χ4v) is 3.01. The van der Waals surface area contributed by atoms with Gasteiger partial charge in [0.2, 0.25) is 0 Å². The van der Waals surface area contributed by atoms with E-state index in [0.29, 0.717) is 5.56 Å². The minimum absolute atomic E-state index is 0.0358. The Morgan fingerprint density at radius 2 is 1.81 bits per heavy atom. The van der Waals surface area contributed by atoms with Crippen LogP contribution in [0.4, 0.5) is 4.39 Å². The number of ketones is 1. The van der Waals surface area contributed by atoms with Crippen LogP contribution < -0.4 is 0 Å². The van der Waals surface area contributed by atoms with Gasteiger partial charge in [0.15, 0.2) is 5.78 Å². The summed E-state index contributed by atoms with van der Waals surface area (Å²) in [6, 6.07) is 13.6. The van der Waals surface area contributed by atoms with Gasteiger partial charge in [-0.2, -0.15) is 0 Å². The Kier molecular flexibility index (Phi) is 3.64. The van der Waals surface area contributed by atoms with Gasteiger partial charge in [-0.1, -0.05) is 18.2 Å². The van der Waals surface area contributed by atoms with Gasteiger partial charge in [-0.3, -0.25) is 4.79 Å². The molecule has 0 unspecified atom stereocenters. The number of hydrogen-bond donors (Lipinski definition) is 0. The molecule has 4 heteroatoms. The monoisotopic (exact) mass is 345 g/mol. The van der Waals surface area contributed by atoms with Crippen molar-refractivity contribution in [2.75, 3.05) is 0 Å². The van der Waals surface area contributed by atoms with E-state index in [2.05, 4.69) is 15.9 Å². The van der Waals surface area contributed by atoms with Crippen LogP contribution in [0.1, 0.15) is 16.1 Å². The smallest absolute Gasteiger partial charge is 0.182 e. The summed E-state index contributed by atoms with van der Waals surface area (Å²) in [4.78, 5) is 12.4. The molecule has 0 aliphatic rings. The van der Waals surface area contributed by atoms with Crippen LogP contribution in [0.2, 0.25) is 0 Å². The number of rotatable bonds is 3. The normalized spacial score (nSPS) is 11.0. The van der Waals surface area contributed by atoms with E-state index in [-0.39, 0.29) is 18.1 Å². The second-order valence-corrected chi connectivity index (χ2v) is 5.73. The van der Waals surface area contributed by atoms with Gasteiger partial charge in [-0.05, 0) is 53.2 Å². The number of para-hydroxylation sites is 1. The van der Waals surface area contributed by atoms with Gasteiger partial charge >= 0.3 is 0 Å². The van der Waals surface area contributed by atoms with Crippen molar-refractivity contribution in [3.8, 4) is 0 Å². The quantitative estimate of drug-likeness (QED) is 0.628. The average molecular weight is 346 g/mol. The number of carbonyl (C=O) groups is 1. The number of nitrogens with zero attached hydrogens (tertiary/aromatic N) is 1. The second kappa shape index (κ2) is 5.45. The Bertz CT molecular complexity index is 821. The van der Waals surface area contributed by atoms with Crippen LogP contribution in [-0.2, 0) is 6.54 Å². The third-order valence-corrected chi connectivity index (χ3v) is 4.62. The lowest BCUT2D eigenvalue weighted by atomic mass is 10.1. The molecule has 1 heterocycles. The molecule has 0 saturated heterocycles. The summed E-state index contributed by atoms with van der Waals surface area (Å²) >= 11 is 3.58. The highest BCUT2D eigenvalue weighted by Crippen LogP contribution is 2.30. The lowest BCUT2D eigenvalue weighted by molar-refractivity contribution is 0.0973. The summed E-state index contributed by atoms with van der Waals surface area (Å²) in [7, 11) is 0. The number of Topliss-reactive ketones (excluding diaryl/α,β-unsaturated/α-hetero) is 1. The first-order valence-corrected chi connectivity index (χ1v) is 7.39. The molecule has 2 aromatic carbocycles. The van der Waals surface area contributed by atoms with Gasteiger partial charge in [0, 0.05) is 26.6 Å². The Morgan fingerprint density at radius 1 is 1.14 bits per heavy atom. The van der Waals surface area contributed by atoms with E-state index in [1.807, 2.05) is 35.8 Å². The van der Waals surface area contributed by atoms with Crippen molar-refractivity contribution >= 4 is 32.6 Å². The molecule has 2 nitrogen and oxygen atoms in total.